The fourth-order valence-corrected chi connectivity index (χ4v) is 1.63. The van der Waals surface area contributed by atoms with Crippen molar-refractivity contribution in [2.45, 2.75) is 38.6 Å². The van der Waals surface area contributed by atoms with Crippen LogP contribution in [-0.2, 0) is 18.9 Å². The van der Waals surface area contributed by atoms with Crippen molar-refractivity contribution in [1.82, 2.24) is 5.32 Å². The molecule has 0 aromatic carbocycles. The van der Waals surface area contributed by atoms with Crippen LogP contribution < -0.4 is 5.32 Å². The van der Waals surface area contributed by atoms with Gasteiger partial charge in [-0.2, -0.15) is 0 Å². The Bertz CT molecular complexity index is 200. The summed E-state index contributed by atoms with van der Waals surface area (Å²) >= 11 is 0. The van der Waals surface area contributed by atoms with E-state index in [1.54, 1.807) is 0 Å². The minimum atomic E-state index is 0.624. The molecule has 120 valence electrons. The molecule has 0 aromatic rings. The summed E-state index contributed by atoms with van der Waals surface area (Å²) in [6.07, 6.45) is 4.95. The molecule has 1 saturated carbocycles. The second-order valence-electron chi connectivity index (χ2n) is 5.03. The second kappa shape index (κ2) is 13.8. The molecule has 1 rings (SSSR count). The van der Waals surface area contributed by atoms with Gasteiger partial charge in [-0.1, -0.05) is 13.3 Å². The Hall–Kier alpha value is -0.200. The fraction of sp³-hybridized carbons (Fsp3) is 1.00. The molecule has 0 bridgehead atoms. The average molecular weight is 289 g/mol. The van der Waals surface area contributed by atoms with E-state index in [0.29, 0.717) is 39.6 Å². The first-order chi connectivity index (χ1) is 9.93. The fourth-order valence-electron chi connectivity index (χ4n) is 1.63. The summed E-state index contributed by atoms with van der Waals surface area (Å²) in [6.45, 7) is 8.59. The molecule has 0 saturated heterocycles. The summed E-state index contributed by atoms with van der Waals surface area (Å²) in [5.41, 5.74) is 0. The van der Waals surface area contributed by atoms with Gasteiger partial charge in [0.1, 0.15) is 0 Å². The predicted octanol–water partition coefficient (Wildman–Crippen LogP) is 1.60. The van der Waals surface area contributed by atoms with Crippen LogP contribution in [0.5, 0.6) is 0 Å². The van der Waals surface area contributed by atoms with Gasteiger partial charge in [0.25, 0.3) is 0 Å². The Morgan fingerprint density at radius 3 is 1.75 bits per heavy atom. The first kappa shape index (κ1) is 17.9. The highest BCUT2D eigenvalue weighted by Gasteiger charge is 2.19. The Morgan fingerprint density at radius 2 is 1.25 bits per heavy atom. The van der Waals surface area contributed by atoms with Crippen LogP contribution >= 0.6 is 0 Å². The third-order valence-corrected chi connectivity index (χ3v) is 3.02. The van der Waals surface area contributed by atoms with E-state index in [-0.39, 0.29) is 0 Å². The van der Waals surface area contributed by atoms with Crippen LogP contribution in [0.25, 0.3) is 0 Å². The van der Waals surface area contributed by atoms with Gasteiger partial charge in [-0.25, -0.2) is 0 Å². The van der Waals surface area contributed by atoms with Crippen LogP contribution in [0.2, 0.25) is 0 Å². The molecule has 0 spiro atoms. The van der Waals surface area contributed by atoms with Crippen LogP contribution in [0.3, 0.4) is 0 Å². The molecule has 5 heteroatoms. The minimum absolute atomic E-state index is 0.624. The predicted molar refractivity (Wildman–Crippen MR) is 79.2 cm³/mol. The molecule has 0 atom stereocenters. The van der Waals surface area contributed by atoms with E-state index in [1.165, 1.54) is 19.3 Å². The van der Waals surface area contributed by atoms with Crippen molar-refractivity contribution >= 4 is 0 Å². The molecule has 1 N–H and O–H groups in total. The van der Waals surface area contributed by atoms with Crippen molar-refractivity contribution in [3.05, 3.63) is 0 Å². The first-order valence-electron chi connectivity index (χ1n) is 7.98. The van der Waals surface area contributed by atoms with Gasteiger partial charge in [-0.3, -0.25) is 0 Å². The zero-order valence-corrected chi connectivity index (χ0v) is 12.9. The van der Waals surface area contributed by atoms with Crippen molar-refractivity contribution in [3.63, 3.8) is 0 Å². The maximum Gasteiger partial charge on any atom is 0.0701 e. The highest BCUT2D eigenvalue weighted by atomic mass is 16.6. The Kier molecular flexibility index (Phi) is 12.3. The first-order valence-corrected chi connectivity index (χ1v) is 7.98. The molecule has 1 aliphatic rings. The Balaban J connectivity index is 1.60. The molecular formula is C15H31NO4. The van der Waals surface area contributed by atoms with E-state index in [4.69, 9.17) is 18.9 Å². The van der Waals surface area contributed by atoms with Crippen molar-refractivity contribution in [2.24, 2.45) is 0 Å². The van der Waals surface area contributed by atoms with Crippen LogP contribution in [0.15, 0.2) is 0 Å². The molecule has 20 heavy (non-hydrogen) atoms. The average Bonchev–Trinajstić information content (AvgIpc) is 3.27. The summed E-state index contributed by atoms with van der Waals surface area (Å²) in [5, 5.41) is 3.40. The molecule has 0 heterocycles. The van der Waals surface area contributed by atoms with Crippen LogP contribution in [0.4, 0.5) is 0 Å². The third kappa shape index (κ3) is 12.8. The lowest BCUT2D eigenvalue weighted by molar-refractivity contribution is -0.00170. The van der Waals surface area contributed by atoms with Gasteiger partial charge in [-0.15, -0.1) is 0 Å². The monoisotopic (exact) mass is 289 g/mol. The maximum atomic E-state index is 5.45. The Morgan fingerprint density at radius 1 is 0.750 bits per heavy atom. The van der Waals surface area contributed by atoms with Gasteiger partial charge >= 0.3 is 0 Å². The van der Waals surface area contributed by atoms with Crippen molar-refractivity contribution in [1.29, 1.82) is 0 Å². The number of unbranched alkanes of at least 4 members (excludes halogenated alkanes) is 1. The number of nitrogens with one attached hydrogen (secondary N) is 1. The van der Waals surface area contributed by atoms with Crippen LogP contribution in [0, 0.1) is 0 Å². The number of hydrogen-bond acceptors (Lipinski definition) is 5. The summed E-state index contributed by atoms with van der Waals surface area (Å²) in [5.74, 6) is 0. The zero-order chi connectivity index (χ0) is 14.3. The lowest BCUT2D eigenvalue weighted by atomic mass is 10.4. The largest absolute Gasteiger partial charge is 0.379 e. The maximum absolute atomic E-state index is 5.45. The smallest absolute Gasteiger partial charge is 0.0701 e. The van der Waals surface area contributed by atoms with Crippen molar-refractivity contribution < 1.29 is 18.9 Å². The summed E-state index contributed by atoms with van der Waals surface area (Å²) in [6, 6.07) is 0.762. The highest BCUT2D eigenvalue weighted by molar-refractivity contribution is 4.80. The standard InChI is InChI=1S/C15H31NO4/c1-2-3-7-17-9-11-19-13-14-20-12-10-18-8-6-16-15-4-5-15/h15-16H,2-14H2,1H3. The summed E-state index contributed by atoms with van der Waals surface area (Å²) in [4.78, 5) is 0. The molecule has 0 radical (unpaired) electrons. The van der Waals surface area contributed by atoms with Crippen molar-refractivity contribution in [3.8, 4) is 0 Å². The molecule has 0 amide bonds. The molecular weight excluding hydrogens is 258 g/mol. The lowest BCUT2D eigenvalue weighted by Crippen LogP contribution is -2.22. The topological polar surface area (TPSA) is 49.0 Å². The molecule has 1 aliphatic carbocycles. The van der Waals surface area contributed by atoms with Crippen LogP contribution in [0.1, 0.15) is 32.6 Å². The second-order valence-corrected chi connectivity index (χ2v) is 5.03. The van der Waals surface area contributed by atoms with Gasteiger partial charge in [0.2, 0.25) is 0 Å². The van der Waals surface area contributed by atoms with Gasteiger partial charge in [0.15, 0.2) is 0 Å². The van der Waals surface area contributed by atoms with E-state index >= 15 is 0 Å². The number of hydrogen-bond donors (Lipinski definition) is 1. The zero-order valence-electron chi connectivity index (χ0n) is 12.9. The van der Waals surface area contributed by atoms with Gasteiger partial charge < -0.3 is 24.3 Å². The van der Waals surface area contributed by atoms with E-state index in [9.17, 15) is 0 Å². The van der Waals surface area contributed by atoms with Gasteiger partial charge in [0, 0.05) is 19.2 Å². The summed E-state index contributed by atoms with van der Waals surface area (Å²) in [7, 11) is 0. The van der Waals surface area contributed by atoms with E-state index < -0.39 is 0 Å². The molecule has 0 aliphatic heterocycles. The van der Waals surface area contributed by atoms with Gasteiger partial charge in [-0.05, 0) is 19.3 Å². The van der Waals surface area contributed by atoms with E-state index in [1.807, 2.05) is 0 Å². The molecule has 5 nitrogen and oxygen atoms in total. The van der Waals surface area contributed by atoms with Crippen LogP contribution in [-0.4, -0.2) is 65.4 Å². The van der Waals surface area contributed by atoms with E-state index in [0.717, 1.165) is 32.2 Å². The number of rotatable bonds is 16. The SMILES string of the molecule is CCCCOCCOCCOCCOCCNC1CC1. The molecule has 0 unspecified atom stereocenters. The normalized spacial score (nSPS) is 14.8. The van der Waals surface area contributed by atoms with E-state index in [2.05, 4.69) is 12.2 Å². The molecule has 1 fully saturated rings. The molecule has 0 aromatic heterocycles. The minimum Gasteiger partial charge on any atom is -0.379 e. The number of ether oxygens (including phenoxy) is 4. The van der Waals surface area contributed by atoms with Crippen molar-refractivity contribution in [2.75, 3.05) is 59.4 Å². The third-order valence-electron chi connectivity index (χ3n) is 3.02. The lowest BCUT2D eigenvalue weighted by Gasteiger charge is -2.07. The summed E-state index contributed by atoms with van der Waals surface area (Å²) < 4.78 is 21.6. The van der Waals surface area contributed by atoms with Gasteiger partial charge in [0.05, 0.1) is 46.2 Å². The Labute approximate surface area is 123 Å². The quantitative estimate of drug-likeness (QED) is 0.437. The highest BCUT2D eigenvalue weighted by Crippen LogP contribution is 2.17.